The first kappa shape index (κ1) is 23.8. The van der Waals surface area contributed by atoms with Gasteiger partial charge < -0.3 is 15.4 Å². The summed E-state index contributed by atoms with van der Waals surface area (Å²) < 4.78 is 40.2. The van der Waals surface area contributed by atoms with Gasteiger partial charge in [0.2, 0.25) is 0 Å². The Morgan fingerprint density at radius 1 is 1.29 bits per heavy atom. The topological polar surface area (TPSA) is 142 Å². The minimum atomic E-state index is -5.08. The van der Waals surface area contributed by atoms with Crippen LogP contribution in [-0.4, -0.2) is 41.7 Å². The van der Waals surface area contributed by atoms with E-state index in [1.807, 2.05) is 0 Å². The first-order valence-electron chi connectivity index (χ1n) is 9.00. The lowest BCUT2D eigenvalue weighted by atomic mass is 10.0. The molecule has 0 spiro atoms. The van der Waals surface area contributed by atoms with Crippen molar-refractivity contribution in [3.63, 3.8) is 0 Å². The zero-order valence-electron chi connectivity index (χ0n) is 16.9. The van der Waals surface area contributed by atoms with Crippen LogP contribution in [0.25, 0.3) is 17.1 Å². The van der Waals surface area contributed by atoms with Crippen LogP contribution >= 0.6 is 0 Å². The number of pyridine rings is 1. The molecule has 0 saturated heterocycles. The fourth-order valence-corrected chi connectivity index (χ4v) is 2.46. The Morgan fingerprint density at radius 2 is 1.94 bits per heavy atom. The number of halogens is 3. The molecule has 0 fully saturated rings. The maximum Gasteiger partial charge on any atom is 0.490 e. The molecule has 3 aromatic rings. The molecule has 0 radical (unpaired) electrons. The van der Waals surface area contributed by atoms with E-state index in [1.54, 1.807) is 36.4 Å². The lowest BCUT2D eigenvalue weighted by Gasteiger charge is -2.08. The van der Waals surface area contributed by atoms with Gasteiger partial charge in [0.15, 0.2) is 5.82 Å². The number of alkyl halides is 3. The summed E-state index contributed by atoms with van der Waals surface area (Å²) in [6.45, 7) is 4.18. The normalized spacial score (nSPS) is 12.4. The van der Waals surface area contributed by atoms with Crippen LogP contribution in [0, 0.1) is 5.92 Å². The summed E-state index contributed by atoms with van der Waals surface area (Å²) in [7, 11) is 1.79. The predicted molar refractivity (Wildman–Crippen MR) is 102 cm³/mol. The molecule has 0 aliphatic heterocycles. The third-order valence-corrected chi connectivity index (χ3v) is 3.87. The molecule has 0 aliphatic rings. The van der Waals surface area contributed by atoms with Crippen LogP contribution in [0.3, 0.4) is 0 Å². The van der Waals surface area contributed by atoms with Crippen LogP contribution in [0.15, 0.2) is 40.0 Å². The molecule has 3 N–H and O–H groups in total. The van der Waals surface area contributed by atoms with E-state index in [-0.39, 0.29) is 11.6 Å². The van der Waals surface area contributed by atoms with Gasteiger partial charge >= 0.3 is 12.1 Å². The number of carbonyl (C=O) groups is 1. The van der Waals surface area contributed by atoms with Crippen molar-refractivity contribution in [1.82, 2.24) is 24.5 Å². The zero-order valence-corrected chi connectivity index (χ0v) is 16.9. The number of hydrogen-bond acceptors (Lipinski definition) is 7. The highest BCUT2D eigenvalue weighted by molar-refractivity contribution is 5.73. The average molecular weight is 442 g/mol. The summed E-state index contributed by atoms with van der Waals surface area (Å²) in [6.07, 6.45) is 0.713. The number of aromatic nitrogens is 5. The van der Waals surface area contributed by atoms with E-state index in [4.69, 9.17) is 20.2 Å². The first-order valence-corrected chi connectivity index (χ1v) is 9.00. The van der Waals surface area contributed by atoms with E-state index in [0.717, 1.165) is 6.42 Å². The number of carboxylic acids is 1. The molecule has 1 unspecified atom stereocenters. The SMILES string of the molecule is CC(C)CC(N)c1noc(-c2ccc(=O)n(-c3cnn(C)c3)c2)n1.O=C(O)C(F)(F)F. The van der Waals surface area contributed by atoms with Gasteiger partial charge in [-0.15, -0.1) is 0 Å². The van der Waals surface area contributed by atoms with Crippen molar-refractivity contribution in [2.24, 2.45) is 18.7 Å². The van der Waals surface area contributed by atoms with E-state index in [1.165, 1.54) is 10.6 Å². The highest BCUT2D eigenvalue weighted by atomic mass is 19.4. The molecule has 0 aliphatic carbocycles. The fraction of sp³-hybridized carbons (Fsp3) is 0.389. The third kappa shape index (κ3) is 6.50. The molecule has 10 nitrogen and oxygen atoms in total. The number of nitrogens with two attached hydrogens (primary N) is 1. The fourth-order valence-electron chi connectivity index (χ4n) is 2.46. The van der Waals surface area contributed by atoms with Gasteiger partial charge in [0, 0.05) is 25.5 Å². The van der Waals surface area contributed by atoms with Crippen LogP contribution in [0.2, 0.25) is 0 Å². The van der Waals surface area contributed by atoms with Crippen molar-refractivity contribution in [3.05, 3.63) is 46.9 Å². The lowest BCUT2D eigenvalue weighted by Crippen LogP contribution is -2.21. The summed E-state index contributed by atoms with van der Waals surface area (Å²) in [5.74, 6) is -1.51. The number of rotatable bonds is 5. The number of aliphatic carboxylic acids is 1. The van der Waals surface area contributed by atoms with Gasteiger partial charge in [0.1, 0.15) is 0 Å². The monoisotopic (exact) mass is 442 g/mol. The highest BCUT2D eigenvalue weighted by Crippen LogP contribution is 2.21. The van der Waals surface area contributed by atoms with Crippen molar-refractivity contribution in [2.45, 2.75) is 32.5 Å². The molecule has 3 aromatic heterocycles. The number of nitrogens with zero attached hydrogens (tertiary/aromatic N) is 5. The van der Waals surface area contributed by atoms with Gasteiger partial charge in [0.25, 0.3) is 11.4 Å². The van der Waals surface area contributed by atoms with Gasteiger partial charge in [-0.3, -0.25) is 14.0 Å². The van der Waals surface area contributed by atoms with Crippen LogP contribution in [0.5, 0.6) is 0 Å². The second-order valence-electron chi connectivity index (χ2n) is 6.99. The van der Waals surface area contributed by atoms with Crippen molar-refractivity contribution < 1.29 is 27.6 Å². The van der Waals surface area contributed by atoms with E-state index >= 15 is 0 Å². The molecule has 0 bridgehead atoms. The van der Waals surface area contributed by atoms with Gasteiger partial charge in [-0.1, -0.05) is 19.0 Å². The average Bonchev–Trinajstić information content (AvgIpc) is 3.31. The summed E-state index contributed by atoms with van der Waals surface area (Å²) in [4.78, 5) is 25.3. The first-order chi connectivity index (χ1) is 14.4. The summed E-state index contributed by atoms with van der Waals surface area (Å²) >= 11 is 0. The largest absolute Gasteiger partial charge is 0.490 e. The molecule has 0 amide bonds. The Labute approximate surface area is 174 Å². The van der Waals surface area contributed by atoms with Gasteiger partial charge in [-0.25, -0.2) is 4.79 Å². The Balaban J connectivity index is 0.000000423. The standard InChI is InChI=1S/C16H20N6O2.C2HF3O2/c1-10(2)6-13(17)15-19-16(24-20-15)11-4-5-14(23)22(8-11)12-7-18-21(3)9-12;3-2(4,5)1(6)7/h4-5,7-10,13H,6,17H2,1-3H3;(H,6,7). The van der Waals surface area contributed by atoms with Crippen LogP contribution in [-0.2, 0) is 11.8 Å². The van der Waals surface area contributed by atoms with Crippen LogP contribution in [0.1, 0.15) is 32.1 Å². The van der Waals surface area contributed by atoms with E-state index < -0.39 is 12.1 Å². The van der Waals surface area contributed by atoms with Crippen molar-refractivity contribution >= 4 is 5.97 Å². The molecular formula is C18H21F3N6O4. The lowest BCUT2D eigenvalue weighted by molar-refractivity contribution is -0.192. The maximum atomic E-state index is 12.1. The minimum Gasteiger partial charge on any atom is -0.475 e. The number of carboxylic acid groups (broad SMARTS) is 1. The van der Waals surface area contributed by atoms with Gasteiger partial charge in [0.05, 0.1) is 23.5 Å². The summed E-state index contributed by atoms with van der Waals surface area (Å²) in [6, 6.07) is 2.84. The molecule has 0 aromatic carbocycles. The third-order valence-electron chi connectivity index (χ3n) is 3.87. The van der Waals surface area contributed by atoms with Crippen LogP contribution in [0.4, 0.5) is 13.2 Å². The molecule has 31 heavy (non-hydrogen) atoms. The number of aryl methyl sites for hydroxylation is 1. The van der Waals surface area contributed by atoms with Crippen molar-refractivity contribution in [2.75, 3.05) is 0 Å². The minimum absolute atomic E-state index is 0.164. The molecule has 0 saturated carbocycles. The number of hydrogen-bond donors (Lipinski definition) is 2. The van der Waals surface area contributed by atoms with Crippen LogP contribution < -0.4 is 11.3 Å². The van der Waals surface area contributed by atoms with Gasteiger partial charge in [-0.05, 0) is 18.4 Å². The second-order valence-corrected chi connectivity index (χ2v) is 6.99. The Kier molecular flexibility index (Phi) is 7.33. The summed E-state index contributed by atoms with van der Waals surface area (Å²) in [5.41, 5.74) is 7.23. The molecule has 3 heterocycles. The Morgan fingerprint density at radius 3 is 2.45 bits per heavy atom. The molecule has 13 heteroatoms. The molecule has 168 valence electrons. The Hall–Kier alpha value is -3.48. The van der Waals surface area contributed by atoms with Crippen molar-refractivity contribution in [3.8, 4) is 17.1 Å². The van der Waals surface area contributed by atoms with Gasteiger partial charge in [-0.2, -0.15) is 23.3 Å². The molecule has 1 atom stereocenters. The highest BCUT2D eigenvalue weighted by Gasteiger charge is 2.38. The zero-order chi connectivity index (χ0) is 23.3. The predicted octanol–water partition coefficient (Wildman–Crippen LogP) is 2.30. The second kappa shape index (κ2) is 9.55. The van der Waals surface area contributed by atoms with Crippen molar-refractivity contribution in [1.29, 1.82) is 0 Å². The van der Waals surface area contributed by atoms with E-state index in [0.29, 0.717) is 28.9 Å². The molecular weight excluding hydrogens is 421 g/mol. The smallest absolute Gasteiger partial charge is 0.475 e. The summed E-state index contributed by atoms with van der Waals surface area (Å²) in [5, 5.41) is 15.2. The molecule has 3 rings (SSSR count). The van der Waals surface area contributed by atoms with E-state index in [2.05, 4.69) is 29.1 Å². The maximum absolute atomic E-state index is 12.1. The quantitative estimate of drug-likeness (QED) is 0.613. The van der Waals surface area contributed by atoms with E-state index in [9.17, 15) is 18.0 Å². The Bertz CT molecular complexity index is 1090.